The Morgan fingerprint density at radius 3 is 1.55 bits per heavy atom. The molecule has 0 aliphatic carbocycles. The third-order valence-corrected chi connectivity index (χ3v) is 4.43. The van der Waals surface area contributed by atoms with Crippen LogP contribution in [0, 0.1) is 0 Å². The molecule has 3 aromatic carbocycles. The first kappa shape index (κ1) is 24.3. The van der Waals surface area contributed by atoms with E-state index in [2.05, 4.69) is 0 Å². The molecule has 5 heteroatoms. The van der Waals surface area contributed by atoms with Crippen molar-refractivity contribution in [3.8, 4) is 0 Å². The van der Waals surface area contributed by atoms with Gasteiger partial charge in [0.05, 0.1) is 26.4 Å². The Balaban J connectivity index is 0.000000181. The number of hydrogen-bond donors (Lipinski definition) is 2. The van der Waals surface area contributed by atoms with Crippen molar-refractivity contribution in [2.45, 2.75) is 38.8 Å². The van der Waals surface area contributed by atoms with Crippen LogP contribution in [0.2, 0.25) is 0 Å². The van der Waals surface area contributed by atoms with Crippen LogP contribution in [0.4, 0.5) is 0 Å². The first-order valence-electron chi connectivity index (χ1n) is 10.3. The van der Waals surface area contributed by atoms with E-state index in [-0.39, 0.29) is 25.3 Å². The molecule has 1 unspecified atom stereocenters. The van der Waals surface area contributed by atoms with E-state index >= 15 is 0 Å². The number of aliphatic hydroxyl groups excluding tert-OH is 2. The summed E-state index contributed by atoms with van der Waals surface area (Å²) in [5.74, 6) is -0.108. The SMILES string of the molecule is O=C1CCC(COCc2ccccc2)O1.OCc1ccccc1.OCc1ccccc1. The second kappa shape index (κ2) is 14.9. The van der Waals surface area contributed by atoms with Gasteiger partial charge in [0, 0.05) is 6.42 Å². The molecule has 1 atom stereocenters. The molecule has 3 aromatic rings. The van der Waals surface area contributed by atoms with Crippen LogP contribution in [0.3, 0.4) is 0 Å². The van der Waals surface area contributed by atoms with Crippen LogP contribution in [-0.4, -0.2) is 28.9 Å². The molecule has 4 rings (SSSR count). The Kier molecular flexibility index (Phi) is 11.7. The number of esters is 1. The first-order valence-corrected chi connectivity index (χ1v) is 10.3. The van der Waals surface area contributed by atoms with Crippen LogP contribution in [0.25, 0.3) is 0 Å². The van der Waals surface area contributed by atoms with Crippen molar-refractivity contribution in [3.05, 3.63) is 108 Å². The van der Waals surface area contributed by atoms with E-state index in [1.807, 2.05) is 91.0 Å². The number of rotatable bonds is 6. The normalized spacial score (nSPS) is 14.5. The Hall–Kier alpha value is -2.99. The average molecular weight is 423 g/mol. The van der Waals surface area contributed by atoms with Crippen molar-refractivity contribution >= 4 is 5.97 Å². The fourth-order valence-electron chi connectivity index (χ4n) is 2.75. The summed E-state index contributed by atoms with van der Waals surface area (Å²) in [5.41, 5.74) is 3.07. The van der Waals surface area contributed by atoms with E-state index in [0.29, 0.717) is 19.6 Å². The second-order valence-corrected chi connectivity index (χ2v) is 6.94. The van der Waals surface area contributed by atoms with Gasteiger partial charge in [0.2, 0.25) is 0 Å². The van der Waals surface area contributed by atoms with Gasteiger partial charge in [-0.25, -0.2) is 0 Å². The summed E-state index contributed by atoms with van der Waals surface area (Å²) in [5, 5.41) is 17.1. The van der Waals surface area contributed by atoms with Crippen molar-refractivity contribution in [1.29, 1.82) is 0 Å². The van der Waals surface area contributed by atoms with Crippen LogP contribution in [0.5, 0.6) is 0 Å². The summed E-state index contributed by atoms with van der Waals surface area (Å²) in [6, 6.07) is 29.0. The molecule has 164 valence electrons. The monoisotopic (exact) mass is 422 g/mol. The maximum Gasteiger partial charge on any atom is 0.306 e. The highest BCUT2D eigenvalue weighted by molar-refractivity contribution is 5.71. The lowest BCUT2D eigenvalue weighted by Gasteiger charge is -2.09. The van der Waals surface area contributed by atoms with Crippen molar-refractivity contribution in [3.63, 3.8) is 0 Å². The van der Waals surface area contributed by atoms with Gasteiger partial charge in [0.15, 0.2) is 0 Å². The zero-order chi connectivity index (χ0) is 22.2. The maximum absolute atomic E-state index is 10.8. The van der Waals surface area contributed by atoms with Gasteiger partial charge >= 0.3 is 5.97 Å². The van der Waals surface area contributed by atoms with Gasteiger partial charge in [-0.15, -0.1) is 0 Å². The smallest absolute Gasteiger partial charge is 0.306 e. The van der Waals surface area contributed by atoms with Gasteiger partial charge < -0.3 is 19.7 Å². The zero-order valence-electron chi connectivity index (χ0n) is 17.6. The van der Waals surface area contributed by atoms with Crippen molar-refractivity contribution in [2.75, 3.05) is 6.61 Å². The van der Waals surface area contributed by atoms with Crippen molar-refractivity contribution < 1.29 is 24.5 Å². The molecule has 2 N–H and O–H groups in total. The molecule has 0 radical (unpaired) electrons. The summed E-state index contributed by atoms with van der Waals surface area (Å²) in [6.45, 7) is 1.36. The molecule has 1 aliphatic heterocycles. The summed E-state index contributed by atoms with van der Waals surface area (Å²) >= 11 is 0. The summed E-state index contributed by atoms with van der Waals surface area (Å²) in [7, 11) is 0. The molecule has 1 heterocycles. The van der Waals surface area contributed by atoms with Gasteiger partial charge in [-0.1, -0.05) is 91.0 Å². The van der Waals surface area contributed by atoms with Crippen LogP contribution in [0.1, 0.15) is 29.5 Å². The minimum atomic E-state index is -0.108. The Labute approximate surface area is 183 Å². The van der Waals surface area contributed by atoms with E-state index in [4.69, 9.17) is 19.7 Å². The number of carbonyl (C=O) groups is 1. The first-order chi connectivity index (χ1) is 15.2. The largest absolute Gasteiger partial charge is 0.460 e. The van der Waals surface area contributed by atoms with E-state index in [1.54, 1.807) is 0 Å². The molecule has 0 saturated carbocycles. The van der Waals surface area contributed by atoms with Gasteiger partial charge in [-0.2, -0.15) is 0 Å². The lowest BCUT2D eigenvalue weighted by molar-refractivity contribution is -0.143. The third kappa shape index (κ3) is 10.6. The van der Waals surface area contributed by atoms with Crippen LogP contribution < -0.4 is 0 Å². The molecule has 0 aromatic heterocycles. The van der Waals surface area contributed by atoms with Crippen LogP contribution >= 0.6 is 0 Å². The molecule has 1 fully saturated rings. The van der Waals surface area contributed by atoms with Gasteiger partial charge in [-0.3, -0.25) is 4.79 Å². The predicted molar refractivity (Wildman–Crippen MR) is 120 cm³/mol. The number of aliphatic hydroxyl groups is 2. The van der Waals surface area contributed by atoms with Gasteiger partial charge in [0.25, 0.3) is 0 Å². The molecule has 0 amide bonds. The van der Waals surface area contributed by atoms with Gasteiger partial charge in [-0.05, 0) is 23.1 Å². The average Bonchev–Trinajstić information content (AvgIpc) is 3.26. The minimum Gasteiger partial charge on any atom is -0.460 e. The molecule has 0 spiro atoms. The summed E-state index contributed by atoms with van der Waals surface area (Å²) < 4.78 is 10.5. The lowest BCUT2D eigenvalue weighted by atomic mass is 10.2. The van der Waals surface area contributed by atoms with E-state index in [0.717, 1.165) is 23.1 Å². The van der Waals surface area contributed by atoms with E-state index < -0.39 is 0 Å². The number of benzene rings is 3. The highest BCUT2D eigenvalue weighted by atomic mass is 16.6. The van der Waals surface area contributed by atoms with Crippen molar-refractivity contribution in [1.82, 2.24) is 0 Å². The standard InChI is InChI=1S/C12H14O3.2C7H8O/c13-12-7-6-11(15-12)9-14-8-10-4-2-1-3-5-10;2*8-6-7-4-2-1-3-5-7/h1-5,11H,6-9H2;2*1-5,8H,6H2. The Bertz CT molecular complexity index is 798. The van der Waals surface area contributed by atoms with Gasteiger partial charge in [0.1, 0.15) is 6.10 Å². The second-order valence-electron chi connectivity index (χ2n) is 6.94. The van der Waals surface area contributed by atoms with Crippen molar-refractivity contribution in [2.24, 2.45) is 0 Å². The topological polar surface area (TPSA) is 76.0 Å². The van der Waals surface area contributed by atoms with Crippen LogP contribution in [0.15, 0.2) is 91.0 Å². The lowest BCUT2D eigenvalue weighted by Crippen LogP contribution is -2.14. The number of ether oxygens (including phenoxy) is 2. The number of hydrogen-bond acceptors (Lipinski definition) is 5. The highest BCUT2D eigenvalue weighted by Crippen LogP contribution is 2.14. The third-order valence-electron chi connectivity index (χ3n) is 4.43. The number of cyclic esters (lactones) is 1. The molecule has 5 nitrogen and oxygen atoms in total. The molecule has 1 saturated heterocycles. The quantitative estimate of drug-likeness (QED) is 0.581. The molecular weight excluding hydrogens is 392 g/mol. The van der Waals surface area contributed by atoms with Crippen LogP contribution in [-0.2, 0) is 34.1 Å². The summed E-state index contributed by atoms with van der Waals surface area (Å²) in [4.78, 5) is 10.8. The molecule has 0 bridgehead atoms. The summed E-state index contributed by atoms with van der Waals surface area (Å²) in [6.07, 6.45) is 1.27. The Morgan fingerprint density at radius 2 is 1.19 bits per heavy atom. The molecular formula is C26H30O5. The molecule has 1 aliphatic rings. The fourth-order valence-corrected chi connectivity index (χ4v) is 2.75. The highest BCUT2D eigenvalue weighted by Gasteiger charge is 2.22. The minimum absolute atomic E-state index is 0.0405. The number of carbonyl (C=O) groups excluding carboxylic acids is 1. The Morgan fingerprint density at radius 1 is 0.742 bits per heavy atom. The molecule has 31 heavy (non-hydrogen) atoms. The zero-order valence-corrected chi connectivity index (χ0v) is 17.6. The predicted octanol–water partition coefficient (Wildman–Crippen LogP) is 4.27. The van der Waals surface area contributed by atoms with E-state index in [1.165, 1.54) is 0 Å². The van der Waals surface area contributed by atoms with E-state index in [9.17, 15) is 4.79 Å². The maximum atomic E-state index is 10.8. The fraction of sp³-hybridized carbons (Fsp3) is 0.269.